The molecule has 0 saturated heterocycles. The van der Waals surface area contributed by atoms with E-state index in [1.165, 1.54) is 43.3 Å². The van der Waals surface area contributed by atoms with E-state index in [9.17, 15) is 18.4 Å². The number of ether oxygens (including phenoxy) is 3. The number of alkyl halides is 2. The van der Waals surface area contributed by atoms with Crippen molar-refractivity contribution >= 4 is 29.0 Å². The highest BCUT2D eigenvalue weighted by Crippen LogP contribution is 2.42. The minimum Gasteiger partial charge on any atom is -0.483 e. The fourth-order valence-corrected chi connectivity index (χ4v) is 2.44. The number of benzene rings is 2. The summed E-state index contributed by atoms with van der Waals surface area (Å²) in [6.45, 7) is 0.952. The van der Waals surface area contributed by atoms with Gasteiger partial charge in [0.15, 0.2) is 23.9 Å². The van der Waals surface area contributed by atoms with Gasteiger partial charge in [0.05, 0.1) is 5.56 Å². The minimum atomic E-state index is -3.73. The topological polar surface area (TPSA) is 73.9 Å². The third-order valence-electron chi connectivity index (χ3n) is 3.36. The fourth-order valence-electron chi connectivity index (χ4n) is 2.27. The van der Waals surface area contributed by atoms with E-state index in [0.29, 0.717) is 5.02 Å². The zero-order valence-corrected chi connectivity index (χ0v) is 14.1. The molecule has 1 aliphatic heterocycles. The SMILES string of the molecule is CC(=O)c1cc(Cl)ccc1OCC(=O)Nc1ccc2c(c1)OC(F)(F)O2. The first-order valence-corrected chi connectivity index (χ1v) is 7.74. The maximum absolute atomic E-state index is 13.0. The summed E-state index contributed by atoms with van der Waals surface area (Å²) in [7, 11) is 0. The Morgan fingerprint density at radius 2 is 1.88 bits per heavy atom. The lowest BCUT2D eigenvalue weighted by Crippen LogP contribution is -2.25. The first kappa shape index (κ1) is 17.9. The maximum Gasteiger partial charge on any atom is 0.586 e. The Bertz CT molecular complexity index is 887. The van der Waals surface area contributed by atoms with Crippen molar-refractivity contribution in [3.05, 3.63) is 47.0 Å². The predicted molar refractivity (Wildman–Crippen MR) is 88.2 cm³/mol. The molecule has 9 heteroatoms. The average Bonchev–Trinajstić information content (AvgIpc) is 2.86. The molecule has 0 aliphatic carbocycles. The van der Waals surface area contributed by atoms with Gasteiger partial charge >= 0.3 is 6.29 Å². The van der Waals surface area contributed by atoms with Crippen LogP contribution in [0, 0.1) is 0 Å². The molecule has 0 atom stereocenters. The number of carbonyl (C=O) groups excluding carboxylic acids is 2. The number of Topliss-reactive ketones (excluding diaryl/α,β-unsaturated/α-hetero) is 1. The Kier molecular flexibility index (Phi) is 4.69. The molecule has 1 aliphatic rings. The van der Waals surface area contributed by atoms with E-state index in [-0.39, 0.29) is 34.3 Å². The van der Waals surface area contributed by atoms with Crippen LogP contribution in [0.1, 0.15) is 17.3 Å². The van der Waals surface area contributed by atoms with E-state index in [2.05, 4.69) is 14.8 Å². The molecule has 0 unspecified atom stereocenters. The number of ketones is 1. The van der Waals surface area contributed by atoms with Crippen LogP contribution in [0.25, 0.3) is 0 Å². The van der Waals surface area contributed by atoms with Crippen molar-refractivity contribution in [1.82, 2.24) is 0 Å². The zero-order valence-electron chi connectivity index (χ0n) is 13.3. The second-order valence-electron chi connectivity index (χ2n) is 5.36. The van der Waals surface area contributed by atoms with Gasteiger partial charge in [-0.1, -0.05) is 11.6 Å². The molecule has 0 radical (unpaired) electrons. The highest BCUT2D eigenvalue weighted by Gasteiger charge is 2.43. The highest BCUT2D eigenvalue weighted by molar-refractivity contribution is 6.31. The summed E-state index contributed by atoms with van der Waals surface area (Å²) in [5, 5.41) is 2.84. The third-order valence-corrected chi connectivity index (χ3v) is 3.60. The number of fused-ring (bicyclic) bond motifs is 1. The summed E-state index contributed by atoms with van der Waals surface area (Å²) >= 11 is 5.83. The molecule has 0 fully saturated rings. The molecule has 2 aromatic rings. The summed E-state index contributed by atoms with van der Waals surface area (Å²) in [6, 6.07) is 8.28. The number of rotatable bonds is 5. The average molecular weight is 384 g/mol. The Labute approximate surface area is 151 Å². The summed E-state index contributed by atoms with van der Waals surface area (Å²) in [6.07, 6.45) is -3.73. The zero-order chi connectivity index (χ0) is 18.9. The summed E-state index contributed by atoms with van der Waals surface area (Å²) in [5.41, 5.74) is 0.470. The third kappa shape index (κ3) is 4.02. The minimum absolute atomic E-state index is 0.128. The van der Waals surface area contributed by atoms with E-state index in [4.69, 9.17) is 16.3 Å². The predicted octanol–water partition coefficient (Wildman–Crippen LogP) is 3.88. The summed E-state index contributed by atoms with van der Waals surface area (Å²) < 4.78 is 39.9. The van der Waals surface area contributed by atoms with Gasteiger partial charge in [-0.05, 0) is 37.3 Å². The lowest BCUT2D eigenvalue weighted by Gasteiger charge is -2.10. The van der Waals surface area contributed by atoms with Crippen molar-refractivity contribution in [2.75, 3.05) is 11.9 Å². The quantitative estimate of drug-likeness (QED) is 0.793. The molecular formula is C17H12ClF2NO5. The first-order chi connectivity index (χ1) is 12.2. The van der Waals surface area contributed by atoms with E-state index < -0.39 is 18.8 Å². The summed E-state index contributed by atoms with van der Waals surface area (Å²) in [5.74, 6) is -0.927. The highest BCUT2D eigenvalue weighted by atomic mass is 35.5. The van der Waals surface area contributed by atoms with Crippen LogP contribution in [0.4, 0.5) is 14.5 Å². The van der Waals surface area contributed by atoms with Crippen molar-refractivity contribution < 1.29 is 32.6 Å². The fraction of sp³-hybridized carbons (Fsp3) is 0.176. The van der Waals surface area contributed by atoms with Gasteiger partial charge in [0, 0.05) is 16.8 Å². The van der Waals surface area contributed by atoms with Crippen molar-refractivity contribution in [2.45, 2.75) is 13.2 Å². The van der Waals surface area contributed by atoms with Gasteiger partial charge < -0.3 is 19.5 Å². The number of carbonyl (C=O) groups is 2. The van der Waals surface area contributed by atoms with Gasteiger partial charge in [0.1, 0.15) is 5.75 Å². The largest absolute Gasteiger partial charge is 0.586 e. The van der Waals surface area contributed by atoms with Crippen LogP contribution in [0.2, 0.25) is 5.02 Å². The monoisotopic (exact) mass is 383 g/mol. The lowest BCUT2D eigenvalue weighted by atomic mass is 10.1. The van der Waals surface area contributed by atoms with Crippen molar-refractivity contribution in [3.63, 3.8) is 0 Å². The molecule has 136 valence electrons. The normalized spacial score (nSPS) is 14.0. The molecule has 26 heavy (non-hydrogen) atoms. The number of anilines is 1. The molecule has 0 spiro atoms. The molecule has 0 aromatic heterocycles. The van der Waals surface area contributed by atoms with E-state index in [0.717, 1.165) is 0 Å². The second-order valence-corrected chi connectivity index (χ2v) is 5.80. The Morgan fingerprint density at radius 3 is 2.62 bits per heavy atom. The number of hydrogen-bond acceptors (Lipinski definition) is 5. The molecule has 6 nitrogen and oxygen atoms in total. The van der Waals surface area contributed by atoms with Crippen molar-refractivity contribution in [1.29, 1.82) is 0 Å². The van der Waals surface area contributed by atoms with Crippen LogP contribution in [0.5, 0.6) is 17.2 Å². The van der Waals surface area contributed by atoms with Crippen molar-refractivity contribution in [3.8, 4) is 17.2 Å². The Morgan fingerprint density at radius 1 is 1.15 bits per heavy atom. The van der Waals surface area contributed by atoms with E-state index in [1.54, 1.807) is 0 Å². The van der Waals surface area contributed by atoms with Crippen LogP contribution in [0.15, 0.2) is 36.4 Å². The number of nitrogens with one attached hydrogen (secondary N) is 1. The first-order valence-electron chi connectivity index (χ1n) is 7.36. The standard InChI is InChI=1S/C17H12ClF2NO5/c1-9(22)12-6-10(18)2-4-13(12)24-8-16(23)21-11-3-5-14-15(7-11)26-17(19,20)25-14/h2-7H,8H2,1H3,(H,21,23). The second kappa shape index (κ2) is 6.80. The Balaban J connectivity index is 1.63. The van der Waals surface area contributed by atoms with E-state index >= 15 is 0 Å². The lowest BCUT2D eigenvalue weighted by molar-refractivity contribution is -0.286. The molecule has 1 amide bonds. The molecule has 1 N–H and O–H groups in total. The number of hydrogen-bond donors (Lipinski definition) is 1. The molecule has 0 saturated carbocycles. The van der Waals surface area contributed by atoms with Gasteiger partial charge in [-0.3, -0.25) is 9.59 Å². The van der Waals surface area contributed by atoms with Crippen molar-refractivity contribution in [2.24, 2.45) is 0 Å². The van der Waals surface area contributed by atoms with Gasteiger partial charge in [-0.25, -0.2) is 0 Å². The molecule has 3 rings (SSSR count). The molecule has 1 heterocycles. The van der Waals surface area contributed by atoms with Crippen LogP contribution in [-0.4, -0.2) is 24.6 Å². The maximum atomic E-state index is 13.0. The van der Waals surface area contributed by atoms with Gasteiger partial charge in [0.2, 0.25) is 0 Å². The van der Waals surface area contributed by atoms with Crippen LogP contribution in [-0.2, 0) is 4.79 Å². The molecular weight excluding hydrogens is 372 g/mol. The molecule has 0 bridgehead atoms. The number of amides is 1. The Hall–Kier alpha value is -2.87. The van der Waals surface area contributed by atoms with Gasteiger partial charge in [-0.2, -0.15) is 0 Å². The van der Waals surface area contributed by atoms with Crippen LogP contribution in [0.3, 0.4) is 0 Å². The van der Waals surface area contributed by atoms with Crippen LogP contribution >= 0.6 is 11.6 Å². The van der Waals surface area contributed by atoms with Gasteiger partial charge in [-0.15, -0.1) is 8.78 Å². The number of halogens is 3. The molecule has 2 aromatic carbocycles. The smallest absolute Gasteiger partial charge is 0.483 e. The van der Waals surface area contributed by atoms with E-state index in [1.807, 2.05) is 0 Å². The van der Waals surface area contributed by atoms with Gasteiger partial charge in [0.25, 0.3) is 5.91 Å². The summed E-state index contributed by atoms with van der Waals surface area (Å²) in [4.78, 5) is 23.6. The van der Waals surface area contributed by atoms with Crippen LogP contribution < -0.4 is 19.5 Å².